The Morgan fingerprint density at radius 2 is 0.941 bits per heavy atom. The average Bonchev–Trinajstić information content (AvgIpc) is 2.89. The Labute approximate surface area is 198 Å². The number of nitrogens with one attached hydrogen (secondary N) is 2. The van der Waals surface area contributed by atoms with Crippen LogP contribution in [0.15, 0.2) is 60.7 Å². The van der Waals surface area contributed by atoms with Crippen LogP contribution >= 0.6 is 0 Å². The molecule has 2 amide bonds. The van der Waals surface area contributed by atoms with Crippen molar-refractivity contribution in [2.24, 2.45) is 0 Å². The molecule has 8 heteroatoms. The molecule has 34 heavy (non-hydrogen) atoms. The van der Waals surface area contributed by atoms with Crippen molar-refractivity contribution >= 4 is 11.8 Å². The summed E-state index contributed by atoms with van der Waals surface area (Å²) in [5, 5.41) is 5.76. The van der Waals surface area contributed by atoms with Gasteiger partial charge in [-0.3, -0.25) is 9.59 Å². The number of para-hydroxylation sites is 2. The Bertz CT molecular complexity index is 1070. The molecule has 178 valence electrons. The monoisotopic (exact) mass is 464 g/mol. The molecular weight excluding hydrogens is 436 g/mol. The SMILES string of the molecule is COc1cc(CNC(=O)c2ccccc2OC)c(OC)cc1CNC(=O)c1ccccc1OC. The molecule has 0 fully saturated rings. The highest BCUT2D eigenvalue weighted by atomic mass is 16.5. The molecule has 0 radical (unpaired) electrons. The number of methoxy groups -OCH3 is 4. The third-order valence-corrected chi connectivity index (χ3v) is 5.27. The molecule has 0 saturated heterocycles. The van der Waals surface area contributed by atoms with Crippen molar-refractivity contribution in [2.75, 3.05) is 28.4 Å². The van der Waals surface area contributed by atoms with Crippen molar-refractivity contribution < 1.29 is 28.5 Å². The first-order valence-corrected chi connectivity index (χ1v) is 10.6. The zero-order chi connectivity index (χ0) is 24.5. The molecule has 3 aromatic carbocycles. The van der Waals surface area contributed by atoms with Gasteiger partial charge in [0.1, 0.15) is 23.0 Å². The van der Waals surface area contributed by atoms with E-state index in [-0.39, 0.29) is 24.9 Å². The lowest BCUT2D eigenvalue weighted by molar-refractivity contribution is 0.0938. The summed E-state index contributed by atoms with van der Waals surface area (Å²) in [6.45, 7) is 0.425. The van der Waals surface area contributed by atoms with Gasteiger partial charge in [-0.1, -0.05) is 24.3 Å². The quantitative estimate of drug-likeness (QED) is 0.476. The molecule has 8 nitrogen and oxygen atoms in total. The number of hydrogen-bond acceptors (Lipinski definition) is 6. The lowest BCUT2D eigenvalue weighted by atomic mass is 10.1. The molecule has 0 atom stereocenters. The van der Waals surface area contributed by atoms with Gasteiger partial charge in [0.15, 0.2) is 0 Å². The summed E-state index contributed by atoms with van der Waals surface area (Å²) in [4.78, 5) is 25.3. The number of carbonyl (C=O) groups is 2. The van der Waals surface area contributed by atoms with Crippen molar-refractivity contribution in [3.8, 4) is 23.0 Å². The van der Waals surface area contributed by atoms with Gasteiger partial charge in [0.25, 0.3) is 11.8 Å². The van der Waals surface area contributed by atoms with E-state index in [9.17, 15) is 9.59 Å². The minimum atomic E-state index is -0.272. The van der Waals surface area contributed by atoms with Crippen LogP contribution in [0.1, 0.15) is 31.8 Å². The van der Waals surface area contributed by atoms with Gasteiger partial charge >= 0.3 is 0 Å². The van der Waals surface area contributed by atoms with Crippen molar-refractivity contribution in [3.05, 3.63) is 82.9 Å². The first-order valence-electron chi connectivity index (χ1n) is 10.6. The van der Waals surface area contributed by atoms with Crippen LogP contribution in [0.25, 0.3) is 0 Å². The first-order chi connectivity index (χ1) is 16.5. The van der Waals surface area contributed by atoms with Crippen LogP contribution in [0.5, 0.6) is 23.0 Å². The van der Waals surface area contributed by atoms with E-state index < -0.39 is 0 Å². The number of benzene rings is 3. The van der Waals surface area contributed by atoms with Gasteiger partial charge in [0.2, 0.25) is 0 Å². The number of ether oxygens (including phenoxy) is 4. The minimum Gasteiger partial charge on any atom is -0.496 e. The van der Waals surface area contributed by atoms with E-state index in [1.165, 1.54) is 14.2 Å². The molecule has 0 aliphatic heterocycles. The summed E-state index contributed by atoms with van der Waals surface area (Å²) in [7, 11) is 6.13. The largest absolute Gasteiger partial charge is 0.496 e. The van der Waals surface area contributed by atoms with Gasteiger partial charge in [0.05, 0.1) is 39.6 Å². The van der Waals surface area contributed by atoms with Crippen molar-refractivity contribution in [1.82, 2.24) is 10.6 Å². The lowest BCUT2D eigenvalue weighted by Gasteiger charge is -2.16. The van der Waals surface area contributed by atoms with Gasteiger partial charge in [-0.2, -0.15) is 0 Å². The Morgan fingerprint density at radius 1 is 0.588 bits per heavy atom. The molecule has 0 aliphatic rings. The molecule has 0 saturated carbocycles. The van der Waals surface area contributed by atoms with Gasteiger partial charge in [0, 0.05) is 24.2 Å². The number of amides is 2. The first kappa shape index (κ1) is 24.4. The van der Waals surface area contributed by atoms with Crippen molar-refractivity contribution in [1.29, 1.82) is 0 Å². The molecular formula is C26H28N2O6. The summed E-state index contributed by atoms with van der Waals surface area (Å²) in [6.07, 6.45) is 0. The van der Waals surface area contributed by atoms with E-state index in [0.717, 1.165) is 11.1 Å². The average molecular weight is 465 g/mol. The van der Waals surface area contributed by atoms with Gasteiger partial charge < -0.3 is 29.6 Å². The Hall–Kier alpha value is -4.20. The molecule has 0 aliphatic carbocycles. The van der Waals surface area contributed by atoms with Crippen LogP contribution in [0, 0.1) is 0 Å². The minimum absolute atomic E-state index is 0.213. The third kappa shape index (κ3) is 5.58. The topological polar surface area (TPSA) is 95.1 Å². The highest BCUT2D eigenvalue weighted by molar-refractivity contribution is 5.97. The molecule has 0 heterocycles. The predicted molar refractivity (Wildman–Crippen MR) is 128 cm³/mol. The van der Waals surface area contributed by atoms with Crippen molar-refractivity contribution in [2.45, 2.75) is 13.1 Å². The summed E-state index contributed by atoms with van der Waals surface area (Å²) in [5.41, 5.74) is 2.32. The van der Waals surface area contributed by atoms with Crippen LogP contribution in [-0.4, -0.2) is 40.3 Å². The van der Waals surface area contributed by atoms with E-state index in [2.05, 4.69) is 10.6 Å². The van der Waals surface area contributed by atoms with Crippen LogP contribution in [0.3, 0.4) is 0 Å². The molecule has 0 spiro atoms. The van der Waals surface area contributed by atoms with Crippen LogP contribution in [-0.2, 0) is 13.1 Å². The fraction of sp³-hybridized carbons (Fsp3) is 0.231. The Morgan fingerprint density at radius 3 is 1.29 bits per heavy atom. The van der Waals surface area contributed by atoms with E-state index in [1.54, 1.807) is 74.9 Å². The zero-order valence-electron chi connectivity index (χ0n) is 19.6. The predicted octanol–water partition coefficient (Wildman–Crippen LogP) is 3.58. The zero-order valence-corrected chi connectivity index (χ0v) is 19.6. The van der Waals surface area contributed by atoms with Gasteiger partial charge in [-0.15, -0.1) is 0 Å². The van der Waals surface area contributed by atoms with E-state index in [4.69, 9.17) is 18.9 Å². The number of carbonyl (C=O) groups excluding carboxylic acids is 2. The summed E-state index contributed by atoms with van der Waals surface area (Å²) < 4.78 is 21.6. The maximum atomic E-state index is 12.7. The fourth-order valence-electron chi connectivity index (χ4n) is 3.51. The van der Waals surface area contributed by atoms with E-state index >= 15 is 0 Å². The smallest absolute Gasteiger partial charge is 0.255 e. The Kier molecular flexibility index (Phi) is 8.34. The van der Waals surface area contributed by atoms with Crippen LogP contribution in [0.2, 0.25) is 0 Å². The normalized spacial score (nSPS) is 10.2. The molecule has 3 aromatic rings. The number of hydrogen-bond donors (Lipinski definition) is 2. The van der Waals surface area contributed by atoms with Gasteiger partial charge in [-0.05, 0) is 36.4 Å². The second-order valence-electron chi connectivity index (χ2n) is 7.24. The van der Waals surface area contributed by atoms with Crippen LogP contribution < -0.4 is 29.6 Å². The fourth-order valence-corrected chi connectivity index (χ4v) is 3.51. The second kappa shape index (κ2) is 11.6. The summed E-state index contributed by atoms with van der Waals surface area (Å²) >= 11 is 0. The Balaban J connectivity index is 1.75. The van der Waals surface area contributed by atoms with Gasteiger partial charge in [-0.25, -0.2) is 0 Å². The molecule has 0 unspecified atom stereocenters. The summed E-state index contributed by atoms with van der Waals surface area (Å²) in [5.74, 6) is 1.56. The maximum Gasteiger partial charge on any atom is 0.255 e. The summed E-state index contributed by atoms with van der Waals surface area (Å²) in [6, 6.07) is 17.6. The highest BCUT2D eigenvalue weighted by Crippen LogP contribution is 2.29. The lowest BCUT2D eigenvalue weighted by Crippen LogP contribution is -2.25. The van der Waals surface area contributed by atoms with Crippen molar-refractivity contribution in [3.63, 3.8) is 0 Å². The van der Waals surface area contributed by atoms with E-state index in [1.807, 2.05) is 0 Å². The molecule has 2 N–H and O–H groups in total. The molecule has 3 rings (SSSR count). The molecule has 0 bridgehead atoms. The number of rotatable bonds is 10. The van der Waals surface area contributed by atoms with E-state index in [0.29, 0.717) is 34.1 Å². The second-order valence-corrected chi connectivity index (χ2v) is 7.24. The molecule has 0 aromatic heterocycles. The maximum absolute atomic E-state index is 12.7. The third-order valence-electron chi connectivity index (χ3n) is 5.27. The van der Waals surface area contributed by atoms with Crippen LogP contribution in [0.4, 0.5) is 0 Å². The standard InChI is InChI=1S/C26H28N2O6/c1-31-21-11-7-5-9-19(21)25(29)27-15-17-13-24(34-4)18(14-23(17)33-3)16-28-26(30)20-10-6-8-12-22(20)32-2/h5-14H,15-16H2,1-4H3,(H,27,29)(H,28,30). The highest BCUT2D eigenvalue weighted by Gasteiger charge is 2.17.